The molecule has 0 radical (unpaired) electrons. The van der Waals surface area contributed by atoms with Gasteiger partial charge in [-0.3, -0.25) is 4.90 Å². The van der Waals surface area contributed by atoms with Gasteiger partial charge in [0.15, 0.2) is 0 Å². The summed E-state index contributed by atoms with van der Waals surface area (Å²) < 4.78 is 5.79. The molecule has 2 rings (SSSR count). The maximum Gasteiger partial charge on any atom is 0.122 e. The van der Waals surface area contributed by atoms with E-state index in [2.05, 4.69) is 31.7 Å². The van der Waals surface area contributed by atoms with E-state index < -0.39 is 6.10 Å². The Morgan fingerprint density at radius 2 is 1.90 bits per heavy atom. The molecule has 1 aliphatic rings. The maximum absolute atomic E-state index is 10.3. The normalized spacial score (nSPS) is 24.8. The second-order valence-corrected chi connectivity index (χ2v) is 6.56. The third-order valence-corrected chi connectivity index (χ3v) is 4.56. The monoisotopic (exact) mass is 291 g/mol. The Bertz CT molecular complexity index is 451. The zero-order valence-corrected chi connectivity index (χ0v) is 13.8. The van der Waals surface area contributed by atoms with E-state index in [1.165, 1.54) is 24.8 Å². The molecule has 1 N–H and O–H groups in total. The van der Waals surface area contributed by atoms with Crippen LogP contribution in [0.4, 0.5) is 0 Å². The molecule has 1 fully saturated rings. The first kappa shape index (κ1) is 16.3. The first-order valence-electron chi connectivity index (χ1n) is 8.11. The molecular formula is C18H29NO2. The topological polar surface area (TPSA) is 32.7 Å². The lowest BCUT2D eigenvalue weighted by Crippen LogP contribution is -2.48. The fourth-order valence-electron chi connectivity index (χ4n) is 3.28. The van der Waals surface area contributed by atoms with Gasteiger partial charge in [-0.25, -0.2) is 0 Å². The van der Waals surface area contributed by atoms with Gasteiger partial charge < -0.3 is 9.84 Å². The van der Waals surface area contributed by atoms with E-state index in [1.54, 1.807) is 0 Å². The van der Waals surface area contributed by atoms with E-state index in [4.69, 9.17) is 4.74 Å². The quantitative estimate of drug-likeness (QED) is 0.903. The van der Waals surface area contributed by atoms with Crippen LogP contribution in [0.3, 0.4) is 0 Å². The van der Waals surface area contributed by atoms with Crippen LogP contribution >= 0.6 is 0 Å². The van der Waals surface area contributed by atoms with Crippen LogP contribution in [0.1, 0.15) is 44.2 Å². The molecule has 1 aromatic carbocycles. The summed E-state index contributed by atoms with van der Waals surface area (Å²) in [5.74, 6) is 0.874. The van der Waals surface area contributed by atoms with Crippen LogP contribution in [0.15, 0.2) is 18.2 Å². The molecule has 0 aliphatic carbocycles. The second kappa shape index (κ2) is 7.28. The van der Waals surface area contributed by atoms with Crippen molar-refractivity contribution in [1.29, 1.82) is 0 Å². The molecule has 0 amide bonds. The van der Waals surface area contributed by atoms with Gasteiger partial charge in [0.1, 0.15) is 18.5 Å². The van der Waals surface area contributed by atoms with Crippen molar-refractivity contribution in [2.24, 2.45) is 0 Å². The Morgan fingerprint density at radius 3 is 2.52 bits per heavy atom. The molecule has 1 saturated heterocycles. The van der Waals surface area contributed by atoms with Gasteiger partial charge in [-0.15, -0.1) is 0 Å². The van der Waals surface area contributed by atoms with Gasteiger partial charge in [0.2, 0.25) is 0 Å². The van der Waals surface area contributed by atoms with Gasteiger partial charge in [-0.1, -0.05) is 24.1 Å². The summed E-state index contributed by atoms with van der Waals surface area (Å²) in [6.07, 6.45) is 3.33. The summed E-state index contributed by atoms with van der Waals surface area (Å²) in [6.45, 7) is 9.70. The second-order valence-electron chi connectivity index (χ2n) is 6.56. The molecular weight excluding hydrogens is 262 g/mol. The standard InChI is InChI=1S/C18H29NO2/c1-13-8-9-18(14(2)10-13)21-12-17(20)11-19-15(3)6-5-7-16(19)4/h8-10,15-17,20H,5-7,11-12H2,1-4H3/t15-,16+,17-/m1/s1. The predicted octanol–water partition coefficient (Wildman–Crippen LogP) is 3.31. The van der Waals surface area contributed by atoms with Crippen LogP contribution in [-0.2, 0) is 0 Å². The summed E-state index contributed by atoms with van der Waals surface area (Å²) in [5.41, 5.74) is 2.36. The lowest BCUT2D eigenvalue weighted by molar-refractivity contribution is 0.0208. The number of aliphatic hydroxyl groups excluding tert-OH is 1. The Kier molecular flexibility index (Phi) is 5.65. The summed E-state index contributed by atoms with van der Waals surface area (Å²) in [6, 6.07) is 7.26. The van der Waals surface area contributed by atoms with E-state index in [9.17, 15) is 5.11 Å². The molecule has 0 aromatic heterocycles. The average molecular weight is 291 g/mol. The van der Waals surface area contributed by atoms with E-state index >= 15 is 0 Å². The van der Waals surface area contributed by atoms with E-state index in [-0.39, 0.29) is 0 Å². The number of nitrogens with zero attached hydrogens (tertiary/aromatic N) is 1. The van der Waals surface area contributed by atoms with Crippen molar-refractivity contribution in [3.8, 4) is 5.75 Å². The van der Waals surface area contributed by atoms with Gasteiger partial charge in [0.25, 0.3) is 0 Å². The van der Waals surface area contributed by atoms with Crippen molar-refractivity contribution in [3.63, 3.8) is 0 Å². The van der Waals surface area contributed by atoms with Gasteiger partial charge in [0, 0.05) is 18.6 Å². The van der Waals surface area contributed by atoms with Crippen molar-refractivity contribution >= 4 is 0 Å². The number of hydrogen-bond donors (Lipinski definition) is 1. The summed E-state index contributed by atoms with van der Waals surface area (Å²) in [5, 5.41) is 10.3. The number of rotatable bonds is 5. The molecule has 0 saturated carbocycles. The number of aryl methyl sites for hydroxylation is 2. The van der Waals surface area contributed by atoms with E-state index in [0.717, 1.165) is 11.3 Å². The fraction of sp³-hybridized carbons (Fsp3) is 0.667. The number of piperidine rings is 1. The van der Waals surface area contributed by atoms with E-state index in [0.29, 0.717) is 25.2 Å². The van der Waals surface area contributed by atoms with E-state index in [1.807, 2.05) is 19.1 Å². The molecule has 118 valence electrons. The van der Waals surface area contributed by atoms with Gasteiger partial charge in [0.05, 0.1) is 0 Å². The van der Waals surface area contributed by atoms with Crippen LogP contribution in [-0.4, -0.2) is 41.3 Å². The number of hydrogen-bond acceptors (Lipinski definition) is 3. The highest BCUT2D eigenvalue weighted by Gasteiger charge is 2.26. The van der Waals surface area contributed by atoms with Crippen LogP contribution in [0.5, 0.6) is 5.75 Å². The zero-order chi connectivity index (χ0) is 15.4. The van der Waals surface area contributed by atoms with Gasteiger partial charge >= 0.3 is 0 Å². The van der Waals surface area contributed by atoms with Crippen LogP contribution in [0, 0.1) is 13.8 Å². The third-order valence-electron chi connectivity index (χ3n) is 4.56. The Balaban J connectivity index is 1.85. The molecule has 3 heteroatoms. The molecule has 1 heterocycles. The van der Waals surface area contributed by atoms with Gasteiger partial charge in [-0.05, 0) is 52.2 Å². The minimum absolute atomic E-state index is 0.361. The summed E-state index contributed by atoms with van der Waals surface area (Å²) >= 11 is 0. The average Bonchev–Trinajstić information content (AvgIpc) is 2.42. The third kappa shape index (κ3) is 4.45. The first-order chi connectivity index (χ1) is 9.97. The van der Waals surface area contributed by atoms with Crippen molar-refractivity contribution in [1.82, 2.24) is 4.90 Å². The lowest BCUT2D eigenvalue weighted by atomic mass is 9.97. The molecule has 3 atom stereocenters. The maximum atomic E-state index is 10.3. The van der Waals surface area contributed by atoms with Crippen LogP contribution in [0.25, 0.3) is 0 Å². The van der Waals surface area contributed by atoms with Crippen molar-refractivity contribution < 1.29 is 9.84 Å². The predicted molar refractivity (Wildman–Crippen MR) is 86.9 cm³/mol. The highest BCUT2D eigenvalue weighted by atomic mass is 16.5. The molecule has 1 aromatic rings. The minimum atomic E-state index is -0.436. The number of ether oxygens (including phenoxy) is 1. The minimum Gasteiger partial charge on any atom is -0.491 e. The fourth-order valence-corrected chi connectivity index (χ4v) is 3.28. The molecule has 3 nitrogen and oxygen atoms in total. The smallest absolute Gasteiger partial charge is 0.122 e. The van der Waals surface area contributed by atoms with Gasteiger partial charge in [-0.2, -0.15) is 0 Å². The van der Waals surface area contributed by atoms with Crippen molar-refractivity contribution in [3.05, 3.63) is 29.3 Å². The molecule has 0 spiro atoms. The van der Waals surface area contributed by atoms with Crippen LogP contribution < -0.4 is 4.74 Å². The Hall–Kier alpha value is -1.06. The van der Waals surface area contributed by atoms with Crippen molar-refractivity contribution in [2.75, 3.05) is 13.2 Å². The number of likely N-dealkylation sites (tertiary alicyclic amines) is 1. The Labute approximate surface area is 128 Å². The highest BCUT2D eigenvalue weighted by molar-refractivity contribution is 5.35. The molecule has 0 unspecified atom stereocenters. The number of benzene rings is 1. The first-order valence-corrected chi connectivity index (χ1v) is 8.11. The lowest BCUT2D eigenvalue weighted by Gasteiger charge is -2.40. The summed E-state index contributed by atoms with van der Waals surface area (Å²) in [4.78, 5) is 2.42. The molecule has 21 heavy (non-hydrogen) atoms. The Morgan fingerprint density at radius 1 is 1.24 bits per heavy atom. The van der Waals surface area contributed by atoms with Crippen LogP contribution in [0.2, 0.25) is 0 Å². The zero-order valence-electron chi connectivity index (χ0n) is 13.8. The van der Waals surface area contributed by atoms with Crippen molar-refractivity contribution in [2.45, 2.75) is 65.1 Å². The SMILES string of the molecule is Cc1ccc(OC[C@H](O)CN2[C@H](C)CCC[C@@H]2C)c(C)c1. The number of aliphatic hydroxyl groups is 1. The number of β-amino-alcohol motifs (C(OH)–C–C–N with tert-alkyl or cyclic N) is 1. The highest BCUT2D eigenvalue weighted by Crippen LogP contribution is 2.23. The summed E-state index contributed by atoms with van der Waals surface area (Å²) in [7, 11) is 0. The molecule has 0 bridgehead atoms. The molecule has 1 aliphatic heterocycles. The largest absolute Gasteiger partial charge is 0.491 e.